The lowest BCUT2D eigenvalue weighted by molar-refractivity contribution is 0.593. The highest BCUT2D eigenvalue weighted by Crippen LogP contribution is 2.43. The molecule has 0 aromatic carbocycles. The largest absolute Gasteiger partial charge is 0.358 e. The first kappa shape index (κ1) is 24.8. The first-order chi connectivity index (χ1) is 17.7. The zero-order valence-electron chi connectivity index (χ0n) is 21.0. The maximum absolute atomic E-state index is 13.4. The Kier molecular flexibility index (Phi) is 6.40. The van der Waals surface area contributed by atoms with E-state index < -0.39 is 9.84 Å². The molecule has 1 fully saturated rings. The highest BCUT2D eigenvalue weighted by Gasteiger charge is 2.30. The lowest BCUT2D eigenvalue weighted by atomic mass is 10.1. The second-order valence-corrected chi connectivity index (χ2v) is 11.5. The molecule has 0 spiro atoms. The van der Waals surface area contributed by atoms with Gasteiger partial charge in [-0.05, 0) is 33.6 Å². The monoisotopic (exact) mass is 521 g/mol. The van der Waals surface area contributed by atoms with E-state index in [-0.39, 0.29) is 34.6 Å². The standard InChI is InChI=1S/C24H27N9O3S/c1-5-37(35,36)16-8-25-18(26-9-16)11-28-22-24(34)33(13(2)3)23-17(31-22)10-27-21(32-23)19-14(4)29-12-30-20(19)15-6-7-15/h8-10,12-13,15H,5-7,11H2,1-4H3,(H,28,31). The highest BCUT2D eigenvalue weighted by molar-refractivity contribution is 7.91. The van der Waals surface area contributed by atoms with E-state index in [4.69, 9.17) is 4.98 Å². The van der Waals surface area contributed by atoms with Crippen LogP contribution >= 0.6 is 0 Å². The Balaban J connectivity index is 1.51. The summed E-state index contributed by atoms with van der Waals surface area (Å²) in [6.07, 6.45) is 7.85. The van der Waals surface area contributed by atoms with E-state index in [1.807, 2.05) is 20.8 Å². The van der Waals surface area contributed by atoms with Gasteiger partial charge in [-0.2, -0.15) is 0 Å². The summed E-state index contributed by atoms with van der Waals surface area (Å²) < 4.78 is 25.5. The van der Waals surface area contributed by atoms with Crippen LogP contribution in [0.25, 0.3) is 22.6 Å². The third kappa shape index (κ3) is 4.78. The molecule has 0 aliphatic heterocycles. The maximum atomic E-state index is 13.4. The van der Waals surface area contributed by atoms with E-state index in [2.05, 4.69) is 35.2 Å². The topological polar surface area (TPSA) is 158 Å². The number of sulfone groups is 1. The van der Waals surface area contributed by atoms with Gasteiger partial charge in [-0.3, -0.25) is 9.36 Å². The van der Waals surface area contributed by atoms with E-state index in [1.54, 1.807) is 24.0 Å². The van der Waals surface area contributed by atoms with Crippen LogP contribution in [0.5, 0.6) is 0 Å². The van der Waals surface area contributed by atoms with Gasteiger partial charge in [0.05, 0.1) is 35.4 Å². The molecule has 37 heavy (non-hydrogen) atoms. The number of rotatable bonds is 8. The Morgan fingerprint density at radius 2 is 1.78 bits per heavy atom. The van der Waals surface area contributed by atoms with Crippen molar-refractivity contribution in [1.82, 2.24) is 39.5 Å². The van der Waals surface area contributed by atoms with Gasteiger partial charge in [-0.1, -0.05) is 6.92 Å². The van der Waals surface area contributed by atoms with Crippen molar-refractivity contribution in [1.29, 1.82) is 0 Å². The summed E-state index contributed by atoms with van der Waals surface area (Å²) in [4.78, 5) is 44.3. The van der Waals surface area contributed by atoms with Gasteiger partial charge in [-0.15, -0.1) is 0 Å². The number of aryl methyl sites for hydroxylation is 1. The van der Waals surface area contributed by atoms with Gasteiger partial charge in [0.1, 0.15) is 22.6 Å². The van der Waals surface area contributed by atoms with Gasteiger partial charge in [-0.25, -0.2) is 43.3 Å². The summed E-state index contributed by atoms with van der Waals surface area (Å²) in [5, 5.41) is 2.98. The molecule has 0 saturated heterocycles. The van der Waals surface area contributed by atoms with Crippen LogP contribution in [0, 0.1) is 6.92 Å². The minimum atomic E-state index is -3.39. The first-order valence-electron chi connectivity index (χ1n) is 12.1. The van der Waals surface area contributed by atoms with Crippen molar-refractivity contribution in [2.24, 2.45) is 0 Å². The van der Waals surface area contributed by atoms with E-state index in [1.165, 1.54) is 12.4 Å². The Bertz CT molecular complexity index is 1650. The van der Waals surface area contributed by atoms with Crippen LogP contribution in [0.1, 0.15) is 62.8 Å². The Labute approximate surface area is 213 Å². The molecule has 1 N–H and O–H groups in total. The van der Waals surface area contributed by atoms with Gasteiger partial charge >= 0.3 is 0 Å². The second-order valence-electron chi connectivity index (χ2n) is 9.22. The number of hydrogen-bond acceptors (Lipinski definition) is 11. The van der Waals surface area contributed by atoms with Crippen molar-refractivity contribution in [3.63, 3.8) is 0 Å². The van der Waals surface area contributed by atoms with Crippen LogP contribution < -0.4 is 10.9 Å². The summed E-state index contributed by atoms with van der Waals surface area (Å²) in [5.74, 6) is 1.24. The lowest BCUT2D eigenvalue weighted by Crippen LogP contribution is -2.28. The van der Waals surface area contributed by atoms with Crippen molar-refractivity contribution in [2.45, 2.75) is 63.9 Å². The average molecular weight is 522 g/mol. The molecule has 4 aromatic heterocycles. The zero-order valence-corrected chi connectivity index (χ0v) is 21.8. The molecular weight excluding hydrogens is 494 g/mol. The molecule has 13 heteroatoms. The molecule has 0 radical (unpaired) electrons. The number of anilines is 1. The van der Waals surface area contributed by atoms with E-state index in [9.17, 15) is 13.2 Å². The quantitative estimate of drug-likeness (QED) is 0.363. The predicted octanol–water partition coefficient (Wildman–Crippen LogP) is 2.61. The van der Waals surface area contributed by atoms with Crippen LogP contribution in [0.4, 0.5) is 5.82 Å². The minimum absolute atomic E-state index is 0.0355. The van der Waals surface area contributed by atoms with Crippen molar-refractivity contribution in [3.8, 4) is 11.4 Å². The fourth-order valence-electron chi connectivity index (χ4n) is 4.07. The molecule has 1 aliphatic carbocycles. The molecule has 1 aliphatic rings. The van der Waals surface area contributed by atoms with E-state index in [0.29, 0.717) is 28.7 Å². The summed E-state index contributed by atoms with van der Waals surface area (Å²) in [7, 11) is -3.39. The molecule has 0 bridgehead atoms. The van der Waals surface area contributed by atoms with E-state index in [0.717, 1.165) is 29.8 Å². The highest BCUT2D eigenvalue weighted by atomic mass is 32.2. The molecule has 0 atom stereocenters. The van der Waals surface area contributed by atoms with Gasteiger partial charge in [0.15, 0.2) is 27.1 Å². The molecule has 12 nitrogen and oxygen atoms in total. The molecule has 192 valence electrons. The normalized spacial score (nSPS) is 13.9. The molecule has 0 unspecified atom stereocenters. The fraction of sp³-hybridized carbons (Fsp3) is 0.417. The van der Waals surface area contributed by atoms with Gasteiger partial charge in [0, 0.05) is 24.4 Å². The van der Waals surface area contributed by atoms with E-state index >= 15 is 0 Å². The molecule has 4 heterocycles. The number of nitrogens with one attached hydrogen (secondary N) is 1. The minimum Gasteiger partial charge on any atom is -0.358 e. The van der Waals surface area contributed by atoms with Gasteiger partial charge < -0.3 is 5.32 Å². The van der Waals surface area contributed by atoms with Crippen LogP contribution in [-0.4, -0.2) is 53.6 Å². The van der Waals surface area contributed by atoms with Crippen LogP contribution in [0.2, 0.25) is 0 Å². The van der Waals surface area contributed by atoms with Crippen LogP contribution in [0.15, 0.2) is 34.6 Å². The third-order valence-corrected chi connectivity index (χ3v) is 7.93. The molecular formula is C24H27N9O3S. The molecule has 5 rings (SSSR count). The van der Waals surface area contributed by atoms with Crippen molar-refractivity contribution >= 4 is 26.8 Å². The second kappa shape index (κ2) is 9.54. The van der Waals surface area contributed by atoms with Crippen molar-refractivity contribution in [3.05, 3.63) is 52.5 Å². The third-order valence-electron chi connectivity index (χ3n) is 6.24. The predicted molar refractivity (Wildman–Crippen MR) is 137 cm³/mol. The van der Waals surface area contributed by atoms with Crippen molar-refractivity contribution in [2.75, 3.05) is 11.1 Å². The SMILES string of the molecule is CCS(=O)(=O)c1cnc(CNc2nc3cnc(-c4c(C)ncnc4C4CC4)nc3n(C(C)C)c2=O)nc1. The Morgan fingerprint density at radius 1 is 1.05 bits per heavy atom. The molecule has 1 saturated carbocycles. The summed E-state index contributed by atoms with van der Waals surface area (Å²) >= 11 is 0. The summed E-state index contributed by atoms with van der Waals surface area (Å²) in [5.41, 5.74) is 3.06. The van der Waals surface area contributed by atoms with Gasteiger partial charge in [0.2, 0.25) is 0 Å². The van der Waals surface area contributed by atoms with Crippen molar-refractivity contribution < 1.29 is 8.42 Å². The lowest BCUT2D eigenvalue weighted by Gasteiger charge is -2.16. The summed E-state index contributed by atoms with van der Waals surface area (Å²) in [6, 6.07) is -0.202. The Morgan fingerprint density at radius 3 is 2.43 bits per heavy atom. The smallest absolute Gasteiger partial charge is 0.295 e. The maximum Gasteiger partial charge on any atom is 0.295 e. The number of aromatic nitrogens is 8. The number of nitrogens with zero attached hydrogens (tertiary/aromatic N) is 8. The molecule has 0 amide bonds. The number of hydrogen-bond donors (Lipinski definition) is 1. The number of fused-ring (bicyclic) bond motifs is 1. The van der Waals surface area contributed by atoms with Crippen LogP contribution in [-0.2, 0) is 16.4 Å². The summed E-state index contributed by atoms with van der Waals surface area (Å²) in [6.45, 7) is 7.35. The zero-order chi connectivity index (χ0) is 26.3. The Hall–Kier alpha value is -3.87. The fourth-order valence-corrected chi connectivity index (χ4v) is 4.83. The van der Waals surface area contributed by atoms with Gasteiger partial charge in [0.25, 0.3) is 5.56 Å². The van der Waals surface area contributed by atoms with Crippen LogP contribution in [0.3, 0.4) is 0 Å². The first-order valence-corrected chi connectivity index (χ1v) is 13.7. The molecule has 4 aromatic rings. The average Bonchev–Trinajstić information content (AvgIpc) is 3.73.